The number of carboxylic acid groups (broad SMARTS) is 1. The van der Waals surface area contributed by atoms with E-state index in [0.29, 0.717) is 65.7 Å². The molecule has 1 atom stereocenters. The zero-order chi connectivity index (χ0) is 27.4. The maximum absolute atomic E-state index is 12.9. The van der Waals surface area contributed by atoms with Crippen LogP contribution in [0, 0.1) is 0 Å². The van der Waals surface area contributed by atoms with E-state index in [4.69, 9.17) is 32.7 Å². The zero-order valence-electron chi connectivity index (χ0n) is 20.9. The number of halogens is 2. The van der Waals surface area contributed by atoms with E-state index in [1.165, 1.54) is 0 Å². The van der Waals surface area contributed by atoms with E-state index >= 15 is 0 Å². The lowest BCUT2D eigenvalue weighted by Gasteiger charge is -2.24. The van der Waals surface area contributed by atoms with Crippen LogP contribution in [0.25, 0.3) is 11.3 Å². The summed E-state index contributed by atoms with van der Waals surface area (Å²) in [4.78, 5) is 28.9. The Morgan fingerprint density at radius 2 is 1.79 bits per heavy atom. The number of benzene rings is 3. The molecule has 0 saturated heterocycles. The first-order valence-corrected chi connectivity index (χ1v) is 13.4. The van der Waals surface area contributed by atoms with Crippen LogP contribution in [-0.2, 0) is 11.2 Å². The minimum absolute atomic E-state index is 0.0321. The normalized spacial score (nSPS) is 14.3. The van der Waals surface area contributed by atoms with Crippen LogP contribution < -0.4 is 9.47 Å². The Labute approximate surface area is 236 Å². The molecule has 0 spiro atoms. The number of hydrogen-bond acceptors (Lipinski definition) is 5. The summed E-state index contributed by atoms with van der Waals surface area (Å²) in [7, 11) is 0. The van der Waals surface area contributed by atoms with Crippen molar-refractivity contribution in [2.45, 2.75) is 31.6 Å². The van der Waals surface area contributed by atoms with Crippen LogP contribution in [0.15, 0.2) is 79.0 Å². The van der Waals surface area contributed by atoms with Crippen molar-refractivity contribution in [3.63, 3.8) is 0 Å². The van der Waals surface area contributed by atoms with Gasteiger partial charge in [-0.15, -0.1) is 0 Å². The smallest absolute Gasteiger partial charge is 0.311 e. The number of ketones is 1. The van der Waals surface area contributed by atoms with Gasteiger partial charge in [0.05, 0.1) is 23.2 Å². The first-order chi connectivity index (χ1) is 18.9. The average molecular weight is 562 g/mol. The number of aromatic nitrogens is 1. The largest absolute Gasteiger partial charge is 0.493 e. The highest BCUT2D eigenvalue weighted by Crippen LogP contribution is 2.42. The second kappa shape index (κ2) is 11.9. The fourth-order valence-corrected chi connectivity index (χ4v) is 5.12. The molecule has 0 aliphatic carbocycles. The number of nitrogens with zero attached hydrogens (tertiary/aromatic N) is 1. The third kappa shape index (κ3) is 6.08. The molecule has 1 aliphatic heterocycles. The van der Waals surface area contributed by atoms with Crippen molar-refractivity contribution < 1.29 is 24.2 Å². The number of aryl methyl sites for hydroxylation is 1. The number of aliphatic carboxylic acids is 1. The summed E-state index contributed by atoms with van der Waals surface area (Å²) < 4.78 is 11.6. The van der Waals surface area contributed by atoms with Crippen molar-refractivity contribution in [1.82, 2.24) is 4.98 Å². The number of hydrogen-bond donors (Lipinski definition) is 1. The monoisotopic (exact) mass is 561 g/mol. The predicted octanol–water partition coefficient (Wildman–Crippen LogP) is 8.00. The molecule has 0 saturated carbocycles. The van der Waals surface area contributed by atoms with Gasteiger partial charge in [0.25, 0.3) is 0 Å². The quantitative estimate of drug-likeness (QED) is 0.208. The molecule has 0 bridgehead atoms. The third-order valence-corrected chi connectivity index (χ3v) is 7.30. The molecule has 2 heterocycles. The van der Waals surface area contributed by atoms with Crippen LogP contribution in [0.3, 0.4) is 0 Å². The molecule has 1 unspecified atom stereocenters. The summed E-state index contributed by atoms with van der Waals surface area (Å²) in [6, 6.07) is 21.6. The molecule has 0 amide bonds. The zero-order valence-corrected chi connectivity index (χ0v) is 22.4. The van der Waals surface area contributed by atoms with Crippen LogP contribution in [0.2, 0.25) is 10.0 Å². The number of ether oxygens (including phenoxy) is 2. The van der Waals surface area contributed by atoms with Gasteiger partial charge in [0.1, 0.15) is 17.2 Å². The molecular weight excluding hydrogens is 537 g/mol. The van der Waals surface area contributed by atoms with Crippen LogP contribution in [-0.4, -0.2) is 28.4 Å². The van der Waals surface area contributed by atoms with Crippen molar-refractivity contribution in [2.24, 2.45) is 0 Å². The van der Waals surface area contributed by atoms with Gasteiger partial charge < -0.3 is 14.6 Å². The lowest BCUT2D eigenvalue weighted by atomic mass is 9.93. The second-order valence-electron chi connectivity index (χ2n) is 9.24. The van der Waals surface area contributed by atoms with Gasteiger partial charge in [-0.25, -0.2) is 0 Å². The van der Waals surface area contributed by atoms with Gasteiger partial charge in [-0.1, -0.05) is 47.5 Å². The van der Waals surface area contributed by atoms with Gasteiger partial charge in [0, 0.05) is 40.4 Å². The summed E-state index contributed by atoms with van der Waals surface area (Å²) in [5, 5.41) is 10.4. The van der Waals surface area contributed by atoms with Crippen molar-refractivity contribution in [3.05, 3.63) is 106 Å². The van der Waals surface area contributed by atoms with E-state index in [0.717, 1.165) is 16.8 Å². The summed E-state index contributed by atoms with van der Waals surface area (Å²) in [6.07, 6.45) is 3.88. The fraction of sp³-hybridized carbons (Fsp3) is 0.194. The molecule has 0 fully saturated rings. The van der Waals surface area contributed by atoms with E-state index in [1.54, 1.807) is 42.6 Å². The van der Waals surface area contributed by atoms with Crippen molar-refractivity contribution in [2.75, 3.05) is 6.61 Å². The SMILES string of the molecule is O=C(CCCc1cccnc1-c1ccccc1Cl)c1ccc(Oc2cc3c(cc2Cl)C(C(=O)O)CCO3)cc1. The summed E-state index contributed by atoms with van der Waals surface area (Å²) in [5.74, 6) is -0.238. The van der Waals surface area contributed by atoms with Crippen molar-refractivity contribution in [1.29, 1.82) is 0 Å². The topological polar surface area (TPSA) is 85.7 Å². The molecule has 4 aromatic rings. The fourth-order valence-electron chi connectivity index (χ4n) is 4.68. The van der Waals surface area contributed by atoms with E-state index in [1.807, 2.05) is 36.4 Å². The Bertz CT molecular complexity index is 1520. The summed E-state index contributed by atoms with van der Waals surface area (Å²) in [6.45, 7) is 0.309. The van der Waals surface area contributed by atoms with E-state index < -0.39 is 11.9 Å². The Morgan fingerprint density at radius 1 is 1.00 bits per heavy atom. The van der Waals surface area contributed by atoms with Crippen LogP contribution in [0.5, 0.6) is 17.2 Å². The molecule has 5 rings (SSSR count). The molecule has 8 heteroatoms. The average Bonchev–Trinajstić information content (AvgIpc) is 2.94. The maximum Gasteiger partial charge on any atom is 0.311 e. The van der Waals surface area contributed by atoms with Gasteiger partial charge in [0.2, 0.25) is 0 Å². The highest BCUT2D eigenvalue weighted by molar-refractivity contribution is 6.33. The lowest BCUT2D eigenvalue weighted by Crippen LogP contribution is -2.20. The molecule has 198 valence electrons. The molecule has 1 aliphatic rings. The number of pyridine rings is 1. The van der Waals surface area contributed by atoms with Crippen LogP contribution in [0.1, 0.15) is 46.7 Å². The lowest BCUT2D eigenvalue weighted by molar-refractivity contribution is -0.139. The highest BCUT2D eigenvalue weighted by atomic mass is 35.5. The number of carbonyl (C=O) groups is 2. The van der Waals surface area contributed by atoms with Gasteiger partial charge in [-0.3, -0.25) is 14.6 Å². The molecule has 1 aromatic heterocycles. The predicted molar refractivity (Wildman–Crippen MR) is 150 cm³/mol. The summed E-state index contributed by atoms with van der Waals surface area (Å²) in [5.41, 5.74) is 3.88. The second-order valence-corrected chi connectivity index (χ2v) is 10.1. The number of carbonyl (C=O) groups excluding carboxylic acids is 1. The van der Waals surface area contributed by atoms with Gasteiger partial charge >= 0.3 is 5.97 Å². The van der Waals surface area contributed by atoms with Crippen LogP contribution >= 0.6 is 23.2 Å². The van der Waals surface area contributed by atoms with Gasteiger partial charge in [-0.2, -0.15) is 0 Å². The molecular formula is C31H25Cl2NO5. The molecule has 6 nitrogen and oxygen atoms in total. The molecule has 1 N–H and O–H groups in total. The van der Waals surface area contributed by atoms with Crippen molar-refractivity contribution >= 4 is 35.0 Å². The maximum atomic E-state index is 12.9. The number of rotatable bonds is 9. The number of carboxylic acids is 1. The minimum atomic E-state index is -0.911. The highest BCUT2D eigenvalue weighted by Gasteiger charge is 2.29. The van der Waals surface area contributed by atoms with E-state index in [9.17, 15) is 14.7 Å². The Kier molecular flexibility index (Phi) is 8.15. The first-order valence-electron chi connectivity index (χ1n) is 12.6. The Balaban J connectivity index is 1.21. The standard InChI is InChI=1S/C31H25Cl2NO5/c32-25-8-2-1-7-23(25)30-20(6-4-15-34-30)5-3-9-27(35)19-10-12-21(13-11-19)39-29-18-28-24(17-26(29)33)22(31(36)37)14-16-38-28/h1-2,4,6-8,10-13,15,17-18,22H,3,5,9,14,16H2,(H,36,37). The third-order valence-electron chi connectivity index (χ3n) is 6.68. The Hall–Kier alpha value is -3.87. The van der Waals surface area contributed by atoms with E-state index in [2.05, 4.69) is 4.98 Å². The van der Waals surface area contributed by atoms with Gasteiger partial charge in [0.15, 0.2) is 5.78 Å². The van der Waals surface area contributed by atoms with Crippen molar-refractivity contribution in [3.8, 4) is 28.5 Å². The molecule has 0 radical (unpaired) electrons. The Morgan fingerprint density at radius 3 is 2.56 bits per heavy atom. The van der Waals surface area contributed by atoms with Crippen LogP contribution in [0.4, 0.5) is 0 Å². The van der Waals surface area contributed by atoms with Gasteiger partial charge in [-0.05, 0) is 67.3 Å². The number of Topliss-reactive ketones (excluding diaryl/α,β-unsaturated/α-hetero) is 1. The first kappa shape index (κ1) is 26.7. The minimum Gasteiger partial charge on any atom is -0.493 e. The summed E-state index contributed by atoms with van der Waals surface area (Å²) >= 11 is 12.8. The number of fused-ring (bicyclic) bond motifs is 1. The van der Waals surface area contributed by atoms with E-state index in [-0.39, 0.29) is 10.8 Å². The molecule has 3 aromatic carbocycles. The molecule has 39 heavy (non-hydrogen) atoms.